The molecule has 0 heterocycles. The Labute approximate surface area is 236 Å². The molecule has 4 nitrogen and oxygen atoms in total. The van der Waals surface area contributed by atoms with E-state index in [0.29, 0.717) is 23.5 Å². The van der Waals surface area contributed by atoms with Gasteiger partial charge in [-0.25, -0.2) is 9.59 Å². The second kappa shape index (κ2) is 11.3. The number of hydrogen-bond acceptors (Lipinski definition) is 4. The zero-order valence-corrected chi connectivity index (χ0v) is 23.0. The normalized spacial score (nSPS) is 27.1. The number of esters is 2. The molecule has 0 spiro atoms. The van der Waals surface area contributed by atoms with Crippen LogP contribution in [0, 0.1) is 17.3 Å². The van der Waals surface area contributed by atoms with E-state index < -0.39 is 0 Å². The van der Waals surface area contributed by atoms with Gasteiger partial charge in [-0.05, 0) is 103 Å². The van der Waals surface area contributed by atoms with Crippen LogP contribution in [0.1, 0.15) is 67.2 Å². The summed E-state index contributed by atoms with van der Waals surface area (Å²) in [4.78, 5) is 25.1. The number of hydrogen-bond donors (Lipinski definition) is 0. The minimum absolute atomic E-state index is 0.0233. The third kappa shape index (κ3) is 5.40. The Kier molecular flexibility index (Phi) is 7.42. The number of carbonyl (C=O) groups is 2. The predicted molar refractivity (Wildman–Crippen MR) is 158 cm³/mol. The molecule has 204 valence electrons. The lowest BCUT2D eigenvalue weighted by molar-refractivity contribution is -0.151. The molecule has 6 rings (SSSR count). The summed E-state index contributed by atoms with van der Waals surface area (Å²) in [5, 5.41) is 0. The van der Waals surface area contributed by atoms with Crippen molar-refractivity contribution in [2.45, 2.75) is 57.5 Å². The molecular weight excluding hydrogens is 496 g/mol. The molecule has 0 saturated heterocycles. The van der Waals surface area contributed by atoms with Gasteiger partial charge in [0.05, 0.1) is 0 Å². The van der Waals surface area contributed by atoms with Crippen LogP contribution in [0.5, 0.6) is 5.75 Å². The minimum atomic E-state index is -0.365. The lowest BCUT2D eigenvalue weighted by Crippen LogP contribution is -2.45. The van der Waals surface area contributed by atoms with E-state index >= 15 is 0 Å². The van der Waals surface area contributed by atoms with E-state index in [1.54, 1.807) is 12.2 Å². The Morgan fingerprint density at radius 3 is 2.17 bits per heavy atom. The molecule has 0 N–H and O–H groups in total. The quantitative estimate of drug-likeness (QED) is 0.185. The van der Waals surface area contributed by atoms with Gasteiger partial charge < -0.3 is 9.47 Å². The highest BCUT2D eigenvalue weighted by atomic mass is 16.5. The molecule has 2 saturated carbocycles. The van der Waals surface area contributed by atoms with Crippen LogP contribution in [-0.4, -0.2) is 18.0 Å². The van der Waals surface area contributed by atoms with E-state index in [1.165, 1.54) is 17.2 Å². The highest BCUT2D eigenvalue weighted by Crippen LogP contribution is 2.61. The van der Waals surface area contributed by atoms with Gasteiger partial charge in [-0.1, -0.05) is 73.7 Å². The largest absolute Gasteiger partial charge is 0.459 e. The second-order valence-corrected chi connectivity index (χ2v) is 11.7. The Morgan fingerprint density at radius 2 is 1.48 bits per heavy atom. The van der Waals surface area contributed by atoms with Gasteiger partial charge in [0.1, 0.15) is 11.9 Å². The molecule has 3 aromatic rings. The van der Waals surface area contributed by atoms with Crippen LogP contribution in [-0.2, 0) is 20.7 Å². The number of rotatable bonds is 6. The maximum absolute atomic E-state index is 12.7. The SMILES string of the molecule is C[C@]12CC[C@@H]3c4ccc(OC(=O)/C=C/c5ccccc5)cc4CC[C@H]3[C@H]1CC[C@@H]2OC(=O)/C=C/c1ccccc1. The first-order valence-corrected chi connectivity index (χ1v) is 14.5. The molecule has 0 amide bonds. The van der Waals surface area contributed by atoms with Gasteiger partial charge in [0, 0.05) is 17.6 Å². The smallest absolute Gasteiger partial charge is 0.336 e. The van der Waals surface area contributed by atoms with Crippen LogP contribution < -0.4 is 4.74 Å². The zero-order chi connectivity index (χ0) is 27.5. The highest BCUT2D eigenvalue weighted by molar-refractivity contribution is 5.88. The lowest BCUT2D eigenvalue weighted by Gasteiger charge is -2.50. The Morgan fingerprint density at radius 1 is 0.800 bits per heavy atom. The first kappa shape index (κ1) is 26.3. The van der Waals surface area contributed by atoms with Crippen molar-refractivity contribution in [3.63, 3.8) is 0 Å². The van der Waals surface area contributed by atoms with Gasteiger partial charge in [0.15, 0.2) is 0 Å². The fraction of sp³-hybridized carbons (Fsp3) is 0.333. The molecule has 4 heteroatoms. The zero-order valence-electron chi connectivity index (χ0n) is 23.0. The van der Waals surface area contributed by atoms with Crippen molar-refractivity contribution in [1.82, 2.24) is 0 Å². The molecule has 3 aliphatic carbocycles. The highest BCUT2D eigenvalue weighted by Gasteiger charge is 2.56. The van der Waals surface area contributed by atoms with Gasteiger partial charge in [-0.2, -0.15) is 0 Å². The monoisotopic (exact) mass is 532 g/mol. The average Bonchev–Trinajstić information content (AvgIpc) is 3.31. The summed E-state index contributed by atoms with van der Waals surface area (Å²) >= 11 is 0. The van der Waals surface area contributed by atoms with Gasteiger partial charge in [-0.3, -0.25) is 0 Å². The summed E-state index contributed by atoms with van der Waals surface area (Å²) in [7, 11) is 0. The molecular formula is C36H36O4. The summed E-state index contributed by atoms with van der Waals surface area (Å²) in [5.41, 5.74) is 4.69. The summed E-state index contributed by atoms with van der Waals surface area (Å²) in [6.07, 6.45) is 12.9. The topological polar surface area (TPSA) is 52.6 Å². The number of benzene rings is 3. The minimum Gasteiger partial charge on any atom is -0.459 e. The summed E-state index contributed by atoms with van der Waals surface area (Å²) in [6, 6.07) is 25.8. The molecule has 0 aromatic heterocycles. The fourth-order valence-electron chi connectivity index (χ4n) is 7.55. The van der Waals surface area contributed by atoms with Crippen molar-refractivity contribution in [3.8, 4) is 5.75 Å². The Balaban J connectivity index is 1.10. The second-order valence-electron chi connectivity index (χ2n) is 11.7. The van der Waals surface area contributed by atoms with Crippen molar-refractivity contribution in [3.05, 3.63) is 113 Å². The average molecular weight is 533 g/mol. The van der Waals surface area contributed by atoms with E-state index in [0.717, 1.165) is 49.7 Å². The summed E-state index contributed by atoms with van der Waals surface area (Å²) < 4.78 is 11.7. The molecule has 0 aliphatic heterocycles. The van der Waals surface area contributed by atoms with Crippen molar-refractivity contribution >= 4 is 24.1 Å². The molecule has 3 aliphatic rings. The number of aryl methyl sites for hydroxylation is 1. The van der Waals surface area contributed by atoms with E-state index in [9.17, 15) is 9.59 Å². The van der Waals surface area contributed by atoms with Crippen LogP contribution in [0.3, 0.4) is 0 Å². The third-order valence-corrected chi connectivity index (χ3v) is 9.51. The number of fused-ring (bicyclic) bond motifs is 5. The molecule has 0 unspecified atom stereocenters. The van der Waals surface area contributed by atoms with Gasteiger partial charge in [-0.15, -0.1) is 0 Å². The van der Waals surface area contributed by atoms with Gasteiger partial charge in [0.25, 0.3) is 0 Å². The van der Waals surface area contributed by atoms with Crippen LogP contribution in [0.4, 0.5) is 0 Å². The first-order chi connectivity index (χ1) is 19.5. The Bertz CT molecular complexity index is 1420. The van der Waals surface area contributed by atoms with Crippen LogP contribution in [0.15, 0.2) is 91.0 Å². The standard InChI is InChI=1S/C36H36O4/c1-36-23-22-30-29-17-15-28(39-34(37)20-12-25-8-4-2-5-9-25)24-27(29)14-16-31(30)32(36)18-19-33(36)40-35(38)21-13-26-10-6-3-7-11-26/h2-13,15,17,20-21,24,30-33H,14,16,18-19,22-23H2,1H3/b20-12+,21-13+/t30-,31-,32-,33+,36+/m1/s1. The molecule has 5 atom stereocenters. The molecule has 0 bridgehead atoms. The van der Waals surface area contributed by atoms with Crippen molar-refractivity contribution in [1.29, 1.82) is 0 Å². The molecule has 3 aromatic carbocycles. The van der Waals surface area contributed by atoms with Crippen molar-refractivity contribution < 1.29 is 19.1 Å². The van der Waals surface area contributed by atoms with E-state index in [2.05, 4.69) is 19.1 Å². The molecule has 40 heavy (non-hydrogen) atoms. The lowest BCUT2D eigenvalue weighted by atomic mass is 9.55. The molecule has 0 radical (unpaired) electrons. The van der Waals surface area contributed by atoms with Crippen LogP contribution >= 0.6 is 0 Å². The van der Waals surface area contributed by atoms with Crippen molar-refractivity contribution in [2.75, 3.05) is 0 Å². The van der Waals surface area contributed by atoms with Crippen molar-refractivity contribution in [2.24, 2.45) is 17.3 Å². The maximum atomic E-state index is 12.7. The third-order valence-electron chi connectivity index (χ3n) is 9.51. The maximum Gasteiger partial charge on any atom is 0.336 e. The summed E-state index contributed by atoms with van der Waals surface area (Å²) in [5.74, 6) is 1.66. The van der Waals surface area contributed by atoms with E-state index in [4.69, 9.17) is 9.47 Å². The van der Waals surface area contributed by atoms with Gasteiger partial charge >= 0.3 is 11.9 Å². The van der Waals surface area contributed by atoms with Gasteiger partial charge in [0.2, 0.25) is 0 Å². The van der Waals surface area contributed by atoms with Crippen LogP contribution in [0.2, 0.25) is 0 Å². The predicted octanol–water partition coefficient (Wildman–Crippen LogP) is 7.79. The fourth-order valence-corrected chi connectivity index (χ4v) is 7.55. The van der Waals surface area contributed by atoms with Crippen LogP contribution in [0.25, 0.3) is 12.2 Å². The summed E-state index contributed by atoms with van der Waals surface area (Å²) in [6.45, 7) is 2.35. The van der Waals surface area contributed by atoms with E-state index in [-0.39, 0.29) is 23.5 Å². The molecule has 2 fully saturated rings. The number of ether oxygens (including phenoxy) is 2. The first-order valence-electron chi connectivity index (χ1n) is 14.5. The van der Waals surface area contributed by atoms with E-state index in [1.807, 2.05) is 72.8 Å². The number of carbonyl (C=O) groups excluding carboxylic acids is 2. The Hall–Kier alpha value is -3.92.